The molecule has 3 aliphatic carbocycles. The SMILES string of the molecule is CN[C@@H](C)C(=O)N[C@H](C(=O)N1CCC[C@H]1c1nc(C(=O)c2cccc(OCCCC3CC4(CCN(C[C@H]5CC[C@H](n6cc7cc(NC(=O)c8cccc(C(F)(F)F)n8)c(OC)cc7n6)CC5)CC4)C3)c2)cs1)C1CCCCC1. The molecule has 10 rings (SSSR count). The second kappa shape index (κ2) is 24.2. The first kappa shape index (κ1) is 55.4. The number of nitrogens with one attached hydrogen (secondary N) is 3. The summed E-state index contributed by atoms with van der Waals surface area (Å²) in [6.07, 6.45) is 15.5. The number of anilines is 1. The number of pyridine rings is 1. The summed E-state index contributed by atoms with van der Waals surface area (Å²) in [5, 5.41) is 17.0. The second-order valence-electron chi connectivity index (χ2n) is 22.8. The highest BCUT2D eigenvalue weighted by atomic mass is 32.1. The molecule has 2 aromatic carbocycles. The number of ketones is 1. The molecule has 5 fully saturated rings. The van der Waals surface area contributed by atoms with E-state index in [-0.39, 0.29) is 41.3 Å². The van der Waals surface area contributed by atoms with Gasteiger partial charge in [0.1, 0.15) is 39.6 Å². The summed E-state index contributed by atoms with van der Waals surface area (Å²) in [6, 6.07) is 13.1. The van der Waals surface area contributed by atoms with E-state index in [2.05, 4.69) is 25.8 Å². The molecule has 1 spiro atoms. The number of hydrogen-bond acceptors (Lipinski definition) is 12. The van der Waals surface area contributed by atoms with Gasteiger partial charge in [0.15, 0.2) is 0 Å². The Morgan fingerprint density at radius 3 is 2.38 bits per heavy atom. The second-order valence-corrected chi connectivity index (χ2v) is 23.7. The van der Waals surface area contributed by atoms with E-state index in [9.17, 15) is 32.3 Å². The Kier molecular flexibility index (Phi) is 17.2. The number of carbonyl (C=O) groups excluding carboxylic acids is 4. The molecule has 5 aliphatic rings. The number of hydrogen-bond donors (Lipinski definition) is 3. The van der Waals surface area contributed by atoms with Gasteiger partial charge in [-0.25, -0.2) is 9.97 Å². The zero-order valence-electron chi connectivity index (χ0n) is 45.1. The Hall–Kier alpha value is -5.92. The van der Waals surface area contributed by atoms with E-state index in [4.69, 9.17) is 19.6 Å². The average molecular weight is 1090 g/mol. The molecule has 2 aliphatic heterocycles. The molecule has 2 saturated heterocycles. The number of halogens is 3. The lowest BCUT2D eigenvalue weighted by atomic mass is 9.56. The number of ether oxygens (including phenoxy) is 2. The third kappa shape index (κ3) is 12.7. The van der Waals surface area contributed by atoms with Crippen molar-refractivity contribution in [3.8, 4) is 11.5 Å². The maximum absolute atomic E-state index is 14.3. The highest BCUT2D eigenvalue weighted by Crippen LogP contribution is 2.54. The standard InChI is InChI=1S/C59H74F3N9O6S/c1-37(63-2)54(73)67-52(40-12-5-4-6-13-40)57(75)70-25-9-17-49(70)56-66-48(36-78-56)53(72)41-14-7-15-44(29-41)77-28-10-11-39-32-58(33-39)23-26-69(27-24-58)34-38-19-21-43(22-20-38)71-35-42-30-47(50(76-3)31-46(42)68-71)65-55(74)45-16-8-18-51(64-45)59(60,61)62/h7-8,14-16,18,29-31,35-40,43,49,52,63H,4-6,9-13,17,19-28,32-34H2,1-3H3,(H,65,74)(H,67,73)/t37-,38-,43-,49-,52-/m0/s1. The van der Waals surface area contributed by atoms with Crippen molar-refractivity contribution in [2.24, 2.45) is 23.2 Å². The van der Waals surface area contributed by atoms with Crippen LogP contribution in [0.2, 0.25) is 0 Å². The van der Waals surface area contributed by atoms with Crippen molar-refractivity contribution < 1.29 is 41.8 Å². The van der Waals surface area contributed by atoms with Gasteiger partial charge in [-0.15, -0.1) is 11.3 Å². The minimum atomic E-state index is -4.66. The lowest BCUT2D eigenvalue weighted by Crippen LogP contribution is -2.55. The first-order valence-electron chi connectivity index (χ1n) is 28.3. The maximum Gasteiger partial charge on any atom is 0.433 e. The number of piperidine rings is 1. The normalized spacial score (nSPS) is 22.0. The van der Waals surface area contributed by atoms with Crippen LogP contribution in [0.1, 0.15) is 165 Å². The average Bonchev–Trinajstić information content (AvgIpc) is 4.26. The Balaban J connectivity index is 0.634. The van der Waals surface area contributed by atoms with E-state index >= 15 is 0 Å². The van der Waals surface area contributed by atoms with Crippen molar-refractivity contribution in [2.75, 3.05) is 52.3 Å². The maximum atomic E-state index is 14.3. The number of amides is 3. The van der Waals surface area contributed by atoms with Gasteiger partial charge in [-0.3, -0.25) is 23.9 Å². The predicted octanol–water partition coefficient (Wildman–Crippen LogP) is 10.8. The van der Waals surface area contributed by atoms with E-state index in [0.717, 1.165) is 132 Å². The highest BCUT2D eigenvalue weighted by molar-refractivity contribution is 7.10. The Morgan fingerprint density at radius 2 is 1.64 bits per heavy atom. The van der Waals surface area contributed by atoms with E-state index in [1.807, 2.05) is 34.0 Å². The zero-order valence-corrected chi connectivity index (χ0v) is 45.9. The lowest BCUT2D eigenvalue weighted by molar-refractivity contribution is -0.141. The number of alkyl halides is 3. The van der Waals surface area contributed by atoms with Crippen molar-refractivity contribution >= 4 is 51.4 Å². The zero-order chi connectivity index (χ0) is 54.6. The molecule has 3 saturated carbocycles. The van der Waals surface area contributed by atoms with Gasteiger partial charge >= 0.3 is 6.18 Å². The number of fused-ring (bicyclic) bond motifs is 1. The topological polar surface area (TPSA) is 173 Å². The summed E-state index contributed by atoms with van der Waals surface area (Å²) >= 11 is 1.42. The summed E-state index contributed by atoms with van der Waals surface area (Å²) in [5.74, 6) is 1.35. The molecule has 5 heterocycles. The number of likely N-dealkylation sites (N-methyl/N-ethyl adjacent to an activating group) is 1. The molecule has 3 atom stereocenters. The quantitative estimate of drug-likeness (QED) is 0.0531. The van der Waals surface area contributed by atoms with Crippen LogP contribution in [0.4, 0.5) is 18.9 Å². The molecule has 0 radical (unpaired) electrons. The lowest BCUT2D eigenvalue weighted by Gasteiger charge is -2.53. The number of carbonyl (C=O) groups is 4. The molecule has 3 amide bonds. The van der Waals surface area contributed by atoms with Crippen LogP contribution in [-0.4, -0.2) is 112 Å². The minimum absolute atomic E-state index is 0.0443. The fourth-order valence-electron chi connectivity index (χ4n) is 13.1. The molecule has 418 valence electrons. The number of methoxy groups -OCH3 is 1. The van der Waals surface area contributed by atoms with Crippen LogP contribution in [0.3, 0.4) is 0 Å². The molecule has 5 aromatic rings. The fraction of sp³-hybridized carbons (Fsp3) is 0.576. The molecule has 3 N–H and O–H groups in total. The van der Waals surface area contributed by atoms with Gasteiger partial charge in [0.2, 0.25) is 17.6 Å². The number of thiazole rings is 1. The van der Waals surface area contributed by atoms with Gasteiger partial charge in [-0.1, -0.05) is 37.5 Å². The van der Waals surface area contributed by atoms with E-state index in [0.29, 0.717) is 58.4 Å². The first-order chi connectivity index (χ1) is 37.7. The largest absolute Gasteiger partial charge is 0.494 e. The van der Waals surface area contributed by atoms with Crippen molar-refractivity contribution in [2.45, 2.75) is 146 Å². The highest BCUT2D eigenvalue weighted by Gasteiger charge is 2.46. The van der Waals surface area contributed by atoms with Crippen LogP contribution in [0.25, 0.3) is 10.9 Å². The van der Waals surface area contributed by atoms with Gasteiger partial charge in [-0.05, 0) is 170 Å². The van der Waals surface area contributed by atoms with Gasteiger partial charge in [0.05, 0.1) is 43.0 Å². The Bertz CT molecular complexity index is 2920. The molecule has 0 unspecified atom stereocenters. The van der Waals surface area contributed by atoms with Gasteiger partial charge in [-0.2, -0.15) is 18.3 Å². The van der Waals surface area contributed by atoms with Crippen LogP contribution >= 0.6 is 11.3 Å². The van der Waals surface area contributed by atoms with Crippen molar-refractivity contribution in [3.05, 3.63) is 93.8 Å². The predicted molar refractivity (Wildman–Crippen MR) is 293 cm³/mol. The number of rotatable bonds is 19. The third-order valence-electron chi connectivity index (χ3n) is 17.6. The van der Waals surface area contributed by atoms with Crippen molar-refractivity contribution in [1.82, 2.24) is 40.2 Å². The molecular weight excluding hydrogens is 1020 g/mol. The smallest absolute Gasteiger partial charge is 0.433 e. The van der Waals surface area contributed by atoms with E-state index in [1.54, 1.807) is 37.6 Å². The molecule has 19 heteroatoms. The molecule has 15 nitrogen and oxygen atoms in total. The Labute approximate surface area is 458 Å². The summed E-state index contributed by atoms with van der Waals surface area (Å²) < 4.78 is 53.5. The monoisotopic (exact) mass is 1090 g/mol. The number of benzene rings is 2. The summed E-state index contributed by atoms with van der Waals surface area (Å²) in [5.41, 5.74) is 0.930. The number of likely N-dealkylation sites (tertiary alicyclic amines) is 2. The van der Waals surface area contributed by atoms with E-state index in [1.165, 1.54) is 50.2 Å². The number of aromatic nitrogens is 4. The first-order valence-corrected chi connectivity index (χ1v) is 29.2. The third-order valence-corrected chi connectivity index (χ3v) is 18.6. The van der Waals surface area contributed by atoms with Crippen molar-refractivity contribution in [3.63, 3.8) is 0 Å². The minimum Gasteiger partial charge on any atom is -0.494 e. The number of nitrogens with zero attached hydrogens (tertiary/aromatic N) is 6. The van der Waals surface area contributed by atoms with Gasteiger partial charge < -0.3 is 35.2 Å². The van der Waals surface area contributed by atoms with Gasteiger partial charge in [0.25, 0.3) is 5.91 Å². The van der Waals surface area contributed by atoms with Crippen LogP contribution in [0, 0.1) is 23.2 Å². The molecule has 3 aromatic heterocycles. The van der Waals surface area contributed by atoms with Gasteiger partial charge in [0, 0.05) is 41.7 Å². The van der Waals surface area contributed by atoms with Crippen LogP contribution in [0.15, 0.2) is 66.2 Å². The summed E-state index contributed by atoms with van der Waals surface area (Å²) in [7, 11) is 3.22. The van der Waals surface area contributed by atoms with Crippen molar-refractivity contribution in [1.29, 1.82) is 0 Å². The van der Waals surface area contributed by atoms with Crippen LogP contribution in [0.5, 0.6) is 11.5 Å². The van der Waals surface area contributed by atoms with E-state index < -0.39 is 29.9 Å². The Morgan fingerprint density at radius 1 is 0.872 bits per heavy atom. The summed E-state index contributed by atoms with van der Waals surface area (Å²) in [6.45, 7) is 6.43. The molecule has 78 heavy (non-hydrogen) atoms. The molecule has 0 bridgehead atoms. The summed E-state index contributed by atoms with van der Waals surface area (Å²) in [4.78, 5) is 67.0. The molecular formula is C59H74F3N9O6S. The fourth-order valence-corrected chi connectivity index (χ4v) is 14.0. The van der Waals surface area contributed by atoms with Crippen LogP contribution < -0.4 is 25.4 Å². The van der Waals surface area contributed by atoms with Crippen LogP contribution in [-0.2, 0) is 15.8 Å².